The molecule has 1 saturated carbocycles. The lowest BCUT2D eigenvalue weighted by atomic mass is 9.65. The molecular formula is C27H42O3. The summed E-state index contributed by atoms with van der Waals surface area (Å²) in [5, 5.41) is 10.5. The molecule has 2 bridgehead atoms. The number of ether oxygens (including phenoxy) is 2. The molecule has 0 radical (unpaired) electrons. The van der Waals surface area contributed by atoms with Crippen molar-refractivity contribution in [3.05, 3.63) is 29.3 Å². The summed E-state index contributed by atoms with van der Waals surface area (Å²) < 4.78 is 11.9. The summed E-state index contributed by atoms with van der Waals surface area (Å²) in [6, 6.07) is 4.42. The molecule has 3 nitrogen and oxygen atoms in total. The number of allylic oxidation sites excluding steroid dienone is 1. The fraction of sp³-hybridized carbons (Fsp3) is 0.704. The van der Waals surface area contributed by atoms with Crippen molar-refractivity contribution in [2.45, 2.75) is 85.0 Å². The summed E-state index contributed by atoms with van der Waals surface area (Å²) in [6.07, 6.45) is 10.8. The molecule has 3 rings (SSSR count). The first kappa shape index (κ1) is 23.2. The zero-order valence-corrected chi connectivity index (χ0v) is 20.2. The van der Waals surface area contributed by atoms with E-state index in [4.69, 9.17) is 9.47 Å². The van der Waals surface area contributed by atoms with Crippen LogP contribution >= 0.6 is 0 Å². The lowest BCUT2D eigenvalue weighted by Crippen LogP contribution is -2.36. The summed E-state index contributed by atoms with van der Waals surface area (Å²) in [5.41, 5.74) is 3.39. The minimum Gasteiger partial charge on any atom is -0.496 e. The van der Waals surface area contributed by atoms with Gasteiger partial charge in [-0.2, -0.15) is 0 Å². The Bertz CT molecular complexity index is 764. The van der Waals surface area contributed by atoms with E-state index in [-0.39, 0.29) is 22.9 Å². The maximum atomic E-state index is 10.5. The first-order valence-corrected chi connectivity index (χ1v) is 11.8. The molecule has 1 aromatic rings. The van der Waals surface area contributed by atoms with Crippen LogP contribution in [0, 0.1) is 16.7 Å². The molecule has 3 heteroatoms. The van der Waals surface area contributed by atoms with E-state index in [2.05, 4.69) is 52.8 Å². The van der Waals surface area contributed by atoms with Crippen molar-refractivity contribution in [1.82, 2.24) is 0 Å². The van der Waals surface area contributed by atoms with Crippen LogP contribution in [0.2, 0.25) is 0 Å². The van der Waals surface area contributed by atoms with Gasteiger partial charge in [0.15, 0.2) is 0 Å². The Kier molecular flexibility index (Phi) is 6.63. The smallest absolute Gasteiger partial charge is 0.130 e. The van der Waals surface area contributed by atoms with Gasteiger partial charge in [-0.25, -0.2) is 0 Å². The van der Waals surface area contributed by atoms with E-state index >= 15 is 0 Å². The van der Waals surface area contributed by atoms with E-state index in [0.29, 0.717) is 5.92 Å². The van der Waals surface area contributed by atoms with Crippen LogP contribution in [-0.2, 0) is 5.41 Å². The number of aliphatic hydroxyl groups excluding tert-OH is 1. The van der Waals surface area contributed by atoms with Gasteiger partial charge in [0.05, 0.1) is 26.4 Å². The van der Waals surface area contributed by atoms with Crippen molar-refractivity contribution in [2.24, 2.45) is 16.7 Å². The number of hydrogen-bond donors (Lipinski definition) is 1. The van der Waals surface area contributed by atoms with Crippen LogP contribution in [0.4, 0.5) is 0 Å². The van der Waals surface area contributed by atoms with E-state index < -0.39 is 0 Å². The van der Waals surface area contributed by atoms with Gasteiger partial charge in [0.1, 0.15) is 11.5 Å². The van der Waals surface area contributed by atoms with Gasteiger partial charge in [-0.1, -0.05) is 66.4 Å². The molecule has 0 saturated heterocycles. The van der Waals surface area contributed by atoms with Crippen molar-refractivity contribution < 1.29 is 14.6 Å². The molecule has 0 heterocycles. The maximum Gasteiger partial charge on any atom is 0.130 e. The Morgan fingerprint density at radius 2 is 1.70 bits per heavy atom. The van der Waals surface area contributed by atoms with Gasteiger partial charge in [-0.15, -0.1) is 0 Å². The molecule has 1 N–H and O–H groups in total. The molecule has 0 aliphatic heterocycles. The molecule has 30 heavy (non-hydrogen) atoms. The van der Waals surface area contributed by atoms with Crippen molar-refractivity contribution in [3.63, 3.8) is 0 Å². The third-order valence-corrected chi connectivity index (χ3v) is 8.41. The molecule has 2 atom stereocenters. The average Bonchev–Trinajstić information content (AvgIpc) is 3.11. The van der Waals surface area contributed by atoms with E-state index in [9.17, 15) is 5.11 Å². The van der Waals surface area contributed by atoms with Crippen molar-refractivity contribution in [2.75, 3.05) is 20.8 Å². The highest BCUT2D eigenvalue weighted by Crippen LogP contribution is 2.69. The monoisotopic (exact) mass is 414 g/mol. The fourth-order valence-corrected chi connectivity index (χ4v) is 5.97. The first-order chi connectivity index (χ1) is 14.2. The Labute approximate surface area is 183 Å². The van der Waals surface area contributed by atoms with Gasteiger partial charge in [0.25, 0.3) is 0 Å². The third-order valence-electron chi connectivity index (χ3n) is 8.41. The summed E-state index contributed by atoms with van der Waals surface area (Å²) in [4.78, 5) is 0. The average molecular weight is 415 g/mol. The summed E-state index contributed by atoms with van der Waals surface area (Å²) in [7, 11) is 3.50. The van der Waals surface area contributed by atoms with E-state index in [1.807, 2.05) is 0 Å². The number of methoxy groups -OCH3 is 2. The van der Waals surface area contributed by atoms with Gasteiger partial charge < -0.3 is 14.6 Å². The second-order valence-corrected chi connectivity index (χ2v) is 10.6. The van der Waals surface area contributed by atoms with Gasteiger partial charge in [-0.3, -0.25) is 0 Å². The van der Waals surface area contributed by atoms with E-state index in [1.54, 1.807) is 14.2 Å². The number of aliphatic hydroxyl groups is 1. The second-order valence-electron chi connectivity index (χ2n) is 10.6. The van der Waals surface area contributed by atoms with Gasteiger partial charge >= 0.3 is 0 Å². The number of benzene rings is 1. The Hall–Kier alpha value is -1.48. The largest absolute Gasteiger partial charge is 0.496 e. The van der Waals surface area contributed by atoms with Crippen LogP contribution in [0.5, 0.6) is 11.5 Å². The number of fused-ring (bicyclic) bond motifs is 2. The molecule has 168 valence electrons. The topological polar surface area (TPSA) is 38.7 Å². The summed E-state index contributed by atoms with van der Waals surface area (Å²) in [6.45, 7) is 11.7. The van der Waals surface area contributed by atoms with Gasteiger partial charge in [0, 0.05) is 5.41 Å². The quantitative estimate of drug-likeness (QED) is 0.430. The second kappa shape index (κ2) is 8.57. The molecule has 2 aliphatic carbocycles. The summed E-state index contributed by atoms with van der Waals surface area (Å²) in [5.74, 6) is 2.23. The van der Waals surface area contributed by atoms with Crippen LogP contribution in [0.3, 0.4) is 0 Å². The van der Waals surface area contributed by atoms with E-state index in [1.165, 1.54) is 36.8 Å². The standard InChI is InChI=1S/C27H42O3/c1-8-9-10-11-13-25(2,3)20-16-22(29-6)24(23(17-20)30-7)21-15-19-12-14-27(21,18-28)26(19,4)5/h15-17,19,28H,8-14,18H2,1-7H3. The minimum atomic E-state index is -0.227. The molecule has 2 aliphatic rings. The predicted octanol–water partition coefficient (Wildman–Crippen LogP) is 6.76. The molecular weight excluding hydrogens is 372 g/mol. The molecule has 0 aromatic heterocycles. The highest BCUT2D eigenvalue weighted by molar-refractivity contribution is 5.83. The Morgan fingerprint density at radius 1 is 1.07 bits per heavy atom. The van der Waals surface area contributed by atoms with Crippen LogP contribution < -0.4 is 9.47 Å². The zero-order valence-electron chi connectivity index (χ0n) is 20.2. The lowest BCUT2D eigenvalue weighted by Gasteiger charge is -2.40. The molecule has 2 unspecified atom stereocenters. The van der Waals surface area contributed by atoms with Crippen molar-refractivity contribution >= 4 is 5.57 Å². The van der Waals surface area contributed by atoms with Crippen LogP contribution in [-0.4, -0.2) is 25.9 Å². The molecule has 0 spiro atoms. The van der Waals surface area contributed by atoms with Crippen molar-refractivity contribution in [3.8, 4) is 11.5 Å². The van der Waals surface area contributed by atoms with Crippen LogP contribution in [0.25, 0.3) is 5.57 Å². The van der Waals surface area contributed by atoms with E-state index in [0.717, 1.165) is 36.3 Å². The molecule has 1 fully saturated rings. The normalized spacial score (nSPS) is 24.8. The minimum absolute atomic E-state index is 0.0460. The Balaban J connectivity index is 2.03. The highest BCUT2D eigenvalue weighted by Gasteiger charge is 2.60. The molecule has 1 aromatic carbocycles. The number of hydrogen-bond acceptors (Lipinski definition) is 3. The Morgan fingerprint density at radius 3 is 2.20 bits per heavy atom. The predicted molar refractivity (Wildman–Crippen MR) is 125 cm³/mol. The third kappa shape index (κ3) is 3.57. The summed E-state index contributed by atoms with van der Waals surface area (Å²) >= 11 is 0. The van der Waals surface area contributed by atoms with Crippen molar-refractivity contribution in [1.29, 1.82) is 0 Å². The number of unbranched alkanes of at least 4 members (excludes halogenated alkanes) is 3. The fourth-order valence-electron chi connectivity index (χ4n) is 5.97. The van der Waals surface area contributed by atoms with Gasteiger partial charge in [-0.05, 0) is 59.3 Å². The van der Waals surface area contributed by atoms with Crippen LogP contribution in [0.1, 0.15) is 90.7 Å². The zero-order chi connectivity index (χ0) is 22.2. The van der Waals surface area contributed by atoms with Gasteiger partial charge in [0.2, 0.25) is 0 Å². The lowest BCUT2D eigenvalue weighted by molar-refractivity contribution is 0.0828. The molecule has 0 amide bonds. The van der Waals surface area contributed by atoms with Crippen LogP contribution in [0.15, 0.2) is 18.2 Å². The SMILES string of the molecule is CCCCCCC(C)(C)c1cc(OC)c(C2=CC3CCC2(CO)C3(C)C)c(OC)c1. The number of rotatable bonds is 10. The highest BCUT2D eigenvalue weighted by atomic mass is 16.5. The first-order valence-electron chi connectivity index (χ1n) is 11.8. The maximum absolute atomic E-state index is 10.5.